The number of halogens is 1. The summed E-state index contributed by atoms with van der Waals surface area (Å²) in [6.45, 7) is 3.69. The molecule has 43 heavy (non-hydrogen) atoms. The van der Waals surface area contributed by atoms with Crippen LogP contribution in [0.2, 0.25) is 5.02 Å². The predicted octanol–water partition coefficient (Wildman–Crippen LogP) is 5.34. The van der Waals surface area contributed by atoms with Crippen LogP contribution in [-0.2, 0) is 20.9 Å². The van der Waals surface area contributed by atoms with Gasteiger partial charge in [0, 0.05) is 18.1 Å². The number of aliphatic carboxylic acids is 1. The van der Waals surface area contributed by atoms with Crippen molar-refractivity contribution in [2.45, 2.75) is 64.5 Å². The van der Waals surface area contributed by atoms with Crippen LogP contribution in [-0.4, -0.2) is 51.9 Å². The van der Waals surface area contributed by atoms with Gasteiger partial charge in [0.15, 0.2) is 0 Å². The topological polar surface area (TPSA) is 146 Å². The summed E-state index contributed by atoms with van der Waals surface area (Å²) < 4.78 is 0.905. The lowest BCUT2D eigenvalue weighted by molar-refractivity contribution is -0.138. The molecule has 1 saturated carbocycles. The van der Waals surface area contributed by atoms with Gasteiger partial charge in [0.25, 0.3) is 0 Å². The quantitative estimate of drug-likeness (QED) is 0.167. The molecule has 9 nitrogen and oxygen atoms in total. The number of hydrogen-bond acceptors (Lipinski definition) is 6. The van der Waals surface area contributed by atoms with E-state index in [9.17, 15) is 19.2 Å². The smallest absolute Gasteiger partial charge is 0.307 e. The van der Waals surface area contributed by atoms with Crippen LogP contribution in [0.3, 0.4) is 0 Å². The molecule has 3 unspecified atom stereocenters. The van der Waals surface area contributed by atoms with Gasteiger partial charge in [-0.25, -0.2) is 0 Å². The first kappa shape index (κ1) is 34.0. The number of carboxylic acid groups (broad SMARTS) is 1. The summed E-state index contributed by atoms with van der Waals surface area (Å²) >= 11 is 6.89. The number of allylic oxidation sites excluding steroid dienone is 2. The highest BCUT2D eigenvalue weighted by atomic mass is 35.5. The molecule has 0 radical (unpaired) electrons. The number of unbranched alkanes of at least 4 members (excludes halogenated alkanes) is 3. The molecule has 2 heterocycles. The fraction of sp³-hybridized carbons (Fsp3) is 0.438. The average Bonchev–Trinajstić information content (AvgIpc) is 3.41. The molecule has 1 aromatic heterocycles. The van der Waals surface area contributed by atoms with Crippen molar-refractivity contribution in [2.24, 2.45) is 17.6 Å². The molecule has 1 saturated heterocycles. The van der Waals surface area contributed by atoms with Gasteiger partial charge in [-0.1, -0.05) is 85.2 Å². The van der Waals surface area contributed by atoms with E-state index in [0.717, 1.165) is 35.0 Å². The summed E-state index contributed by atoms with van der Waals surface area (Å²) in [4.78, 5) is 48.8. The van der Waals surface area contributed by atoms with E-state index in [-0.39, 0.29) is 23.2 Å². The zero-order valence-electron chi connectivity index (χ0n) is 24.5. The van der Waals surface area contributed by atoms with Crippen LogP contribution in [0.25, 0.3) is 10.2 Å². The van der Waals surface area contributed by atoms with Gasteiger partial charge < -0.3 is 26.0 Å². The maximum atomic E-state index is 12.0. The third-order valence-electron chi connectivity index (χ3n) is 7.25. The Morgan fingerprint density at radius 3 is 2.63 bits per heavy atom. The number of likely N-dealkylation sites (tertiary alicyclic amines) is 1. The fourth-order valence-corrected chi connectivity index (χ4v) is 5.80. The average molecular weight is 629 g/mol. The number of thiazole rings is 1. The van der Waals surface area contributed by atoms with Crippen molar-refractivity contribution in [1.29, 1.82) is 0 Å². The number of nitrogens with two attached hydrogens (primary N) is 1. The number of primary amides is 1. The standard InChI is InChI=1S/C14H19N3O2.C11H18O2.C7H4ClNOS/c15-14(19)12-7-4-8-17(12)13(18)10-16-9-11-5-2-1-3-6-11;1-2-3-4-5-6-7-9-8-10(9)11(12)13;8-4-1-2-5-6(3-4)11-7(10)9-5/h1-3,5-6,12,16H,4,7-10H2,(H2,15,19);6-7,9-10H,2-5,8H2,1H3,(H,12,13);1-3H,(H,9,10)/b;7-6-;. The number of carbonyl (C=O) groups is 3. The second kappa shape index (κ2) is 17.6. The van der Waals surface area contributed by atoms with Crippen molar-refractivity contribution >= 4 is 50.9 Å². The van der Waals surface area contributed by atoms with Crippen LogP contribution < -0.4 is 15.9 Å². The minimum atomic E-state index is -0.636. The highest BCUT2D eigenvalue weighted by molar-refractivity contribution is 7.16. The Kier molecular flexibility index (Phi) is 13.9. The number of aromatic amines is 1. The van der Waals surface area contributed by atoms with Crippen LogP contribution in [0.1, 0.15) is 57.4 Å². The highest BCUT2D eigenvalue weighted by Crippen LogP contribution is 2.39. The number of aromatic nitrogens is 1. The Bertz CT molecular complexity index is 1420. The SMILES string of the molecule is CCCCC/C=C\C1CC1C(=O)O.NC(=O)C1CCCN1C(=O)CNCc1ccccc1.O=c1[nH]c2ccc(Cl)cc2s1. The molecule has 232 valence electrons. The molecular weight excluding hydrogens is 588 g/mol. The van der Waals surface area contributed by atoms with Crippen LogP contribution in [0.5, 0.6) is 0 Å². The van der Waals surface area contributed by atoms with Gasteiger partial charge in [0.1, 0.15) is 6.04 Å². The number of carboxylic acids is 1. The lowest BCUT2D eigenvalue weighted by Crippen LogP contribution is -2.46. The Hall–Kier alpha value is -3.47. The summed E-state index contributed by atoms with van der Waals surface area (Å²) in [5.74, 6) is -0.851. The molecule has 5 N–H and O–H groups in total. The largest absolute Gasteiger partial charge is 0.481 e. The minimum absolute atomic E-state index is 0.0396. The summed E-state index contributed by atoms with van der Waals surface area (Å²) in [5.41, 5.74) is 7.27. The maximum absolute atomic E-state index is 12.0. The molecule has 2 aliphatic rings. The van der Waals surface area contributed by atoms with Gasteiger partial charge >= 0.3 is 10.8 Å². The summed E-state index contributed by atoms with van der Waals surface area (Å²) in [7, 11) is 0. The first-order valence-electron chi connectivity index (χ1n) is 14.7. The lowest BCUT2D eigenvalue weighted by atomic mass is 10.2. The molecule has 1 aliphatic heterocycles. The van der Waals surface area contributed by atoms with Crippen molar-refractivity contribution < 1.29 is 19.5 Å². The van der Waals surface area contributed by atoms with Crippen LogP contribution in [0, 0.1) is 11.8 Å². The van der Waals surface area contributed by atoms with E-state index in [4.69, 9.17) is 22.4 Å². The lowest BCUT2D eigenvalue weighted by Gasteiger charge is -2.22. The van der Waals surface area contributed by atoms with Crippen LogP contribution >= 0.6 is 22.9 Å². The van der Waals surface area contributed by atoms with Gasteiger partial charge in [0.2, 0.25) is 11.8 Å². The van der Waals surface area contributed by atoms with E-state index in [1.807, 2.05) is 30.3 Å². The second-order valence-electron chi connectivity index (χ2n) is 10.7. The molecular formula is C32H41ClN4O5S. The maximum Gasteiger partial charge on any atom is 0.307 e. The van der Waals surface area contributed by atoms with Crippen molar-refractivity contribution in [3.63, 3.8) is 0 Å². The first-order valence-corrected chi connectivity index (χ1v) is 15.9. The number of nitrogens with one attached hydrogen (secondary N) is 2. The van der Waals surface area contributed by atoms with Crippen LogP contribution in [0.15, 0.2) is 65.5 Å². The monoisotopic (exact) mass is 628 g/mol. The number of fused-ring (bicyclic) bond motifs is 1. The Morgan fingerprint density at radius 1 is 1.19 bits per heavy atom. The third-order valence-corrected chi connectivity index (χ3v) is 8.33. The van der Waals surface area contributed by atoms with E-state index in [1.54, 1.807) is 23.1 Å². The number of benzene rings is 2. The molecule has 3 atom stereocenters. The van der Waals surface area contributed by atoms with E-state index in [0.29, 0.717) is 30.5 Å². The Morgan fingerprint density at radius 2 is 1.95 bits per heavy atom. The van der Waals surface area contributed by atoms with E-state index in [2.05, 4.69) is 29.4 Å². The van der Waals surface area contributed by atoms with Crippen molar-refractivity contribution in [1.82, 2.24) is 15.2 Å². The molecule has 11 heteroatoms. The third kappa shape index (κ3) is 11.6. The van der Waals surface area contributed by atoms with Crippen molar-refractivity contribution in [3.8, 4) is 0 Å². The number of nitrogens with zero attached hydrogens (tertiary/aromatic N) is 1. The van der Waals surface area contributed by atoms with Gasteiger partial charge in [0.05, 0.1) is 22.7 Å². The van der Waals surface area contributed by atoms with Gasteiger partial charge in [-0.3, -0.25) is 19.2 Å². The molecule has 3 aromatic rings. The molecule has 1 aliphatic carbocycles. The van der Waals surface area contributed by atoms with Crippen LogP contribution in [0.4, 0.5) is 0 Å². The van der Waals surface area contributed by atoms with Crippen molar-refractivity contribution in [3.05, 3.63) is 80.9 Å². The summed E-state index contributed by atoms with van der Waals surface area (Å²) in [6, 6.07) is 14.8. The number of H-pyrrole nitrogens is 1. The predicted molar refractivity (Wildman–Crippen MR) is 172 cm³/mol. The summed E-state index contributed by atoms with van der Waals surface area (Å²) in [6.07, 6.45) is 11.5. The second-order valence-corrected chi connectivity index (χ2v) is 12.1. The normalized spacial score (nSPS) is 18.9. The number of hydrogen-bond donors (Lipinski definition) is 4. The summed E-state index contributed by atoms with van der Waals surface area (Å²) in [5, 5.41) is 12.4. The molecule has 0 spiro atoms. The van der Waals surface area contributed by atoms with Gasteiger partial charge in [-0.15, -0.1) is 0 Å². The Balaban J connectivity index is 0.000000185. The van der Waals surface area contributed by atoms with Crippen molar-refractivity contribution in [2.75, 3.05) is 13.1 Å². The number of rotatable bonds is 11. The van der Waals surface area contributed by atoms with Gasteiger partial charge in [-0.05, 0) is 61.8 Å². The van der Waals surface area contributed by atoms with Gasteiger partial charge in [-0.2, -0.15) is 0 Å². The van der Waals surface area contributed by atoms with E-state index >= 15 is 0 Å². The minimum Gasteiger partial charge on any atom is -0.481 e. The zero-order chi connectivity index (χ0) is 31.2. The zero-order valence-corrected chi connectivity index (χ0v) is 26.0. The van der Waals surface area contributed by atoms with E-state index < -0.39 is 17.9 Å². The molecule has 2 aromatic carbocycles. The molecule has 0 bridgehead atoms. The number of carbonyl (C=O) groups excluding carboxylic acids is 2. The molecule has 5 rings (SSSR count). The Labute approximate surface area is 261 Å². The highest BCUT2D eigenvalue weighted by Gasteiger charge is 2.40. The molecule has 2 fully saturated rings. The number of amides is 2. The molecule has 2 amide bonds. The first-order chi connectivity index (χ1) is 20.7. The fourth-order valence-electron chi connectivity index (χ4n) is 4.79. The van der Waals surface area contributed by atoms with E-state index in [1.165, 1.54) is 30.6 Å².